The van der Waals surface area contributed by atoms with Gasteiger partial charge < -0.3 is 20.2 Å². The minimum absolute atomic E-state index is 0.0566. The van der Waals surface area contributed by atoms with Crippen molar-refractivity contribution in [1.29, 1.82) is 0 Å². The largest absolute Gasteiger partial charge is 0.387 e. The van der Waals surface area contributed by atoms with Gasteiger partial charge in [0.1, 0.15) is 18.0 Å². The Morgan fingerprint density at radius 3 is 2.53 bits per heavy atom. The molecule has 2 aromatic rings. The van der Waals surface area contributed by atoms with Crippen LogP contribution in [0.1, 0.15) is 62.0 Å². The predicted octanol–water partition coefficient (Wildman–Crippen LogP) is 2.59. The van der Waals surface area contributed by atoms with E-state index in [2.05, 4.69) is 27.1 Å². The number of aromatic nitrogens is 2. The predicted molar refractivity (Wildman–Crippen MR) is 121 cm³/mol. The number of hydrogen-bond donors (Lipinski definition) is 2. The van der Waals surface area contributed by atoms with E-state index < -0.39 is 6.10 Å². The summed E-state index contributed by atoms with van der Waals surface area (Å²) >= 11 is 0. The molecule has 1 amide bonds. The van der Waals surface area contributed by atoms with Crippen LogP contribution in [0, 0.1) is 5.82 Å². The highest BCUT2D eigenvalue weighted by atomic mass is 19.1. The average Bonchev–Trinajstić information content (AvgIpc) is 3.08. The summed E-state index contributed by atoms with van der Waals surface area (Å²) in [7, 11) is 0. The number of nitrogens with one attached hydrogen (secondary N) is 1. The topological polar surface area (TPSA) is 81.6 Å². The SMILES string of the molecule is CC(C)NCC(C(=O)N1CCN(c2ncnc3c2[C@H](C)C[C@H]3O)CC1)c1ccc(F)cc1. The lowest BCUT2D eigenvalue weighted by Crippen LogP contribution is -2.51. The van der Waals surface area contributed by atoms with Crippen molar-refractivity contribution >= 4 is 11.7 Å². The molecule has 7 nitrogen and oxygen atoms in total. The number of piperazine rings is 1. The molecule has 1 unspecified atom stereocenters. The number of carbonyl (C=O) groups excluding carboxylic acids is 1. The highest BCUT2D eigenvalue weighted by Crippen LogP contribution is 2.42. The first-order valence-corrected chi connectivity index (χ1v) is 11.4. The zero-order valence-electron chi connectivity index (χ0n) is 19.0. The molecule has 0 spiro atoms. The molecule has 1 fully saturated rings. The lowest BCUT2D eigenvalue weighted by Gasteiger charge is -2.38. The quantitative estimate of drug-likeness (QED) is 0.717. The highest BCUT2D eigenvalue weighted by molar-refractivity contribution is 5.84. The number of hydrogen-bond acceptors (Lipinski definition) is 6. The van der Waals surface area contributed by atoms with Crippen molar-refractivity contribution in [3.8, 4) is 0 Å². The van der Waals surface area contributed by atoms with Crippen LogP contribution in [0.5, 0.6) is 0 Å². The smallest absolute Gasteiger partial charge is 0.231 e. The van der Waals surface area contributed by atoms with E-state index in [0.717, 1.165) is 22.6 Å². The van der Waals surface area contributed by atoms with E-state index in [1.54, 1.807) is 12.1 Å². The van der Waals surface area contributed by atoms with Crippen LogP contribution >= 0.6 is 0 Å². The Morgan fingerprint density at radius 1 is 1.19 bits per heavy atom. The molecule has 1 aliphatic carbocycles. The van der Waals surface area contributed by atoms with E-state index in [0.29, 0.717) is 39.1 Å². The standard InChI is InChI=1S/C24H32FN5O2/c1-15(2)26-13-19(17-4-6-18(25)7-5-17)24(32)30-10-8-29(9-11-30)23-21-16(3)12-20(31)22(21)27-14-28-23/h4-7,14-16,19-20,26,31H,8-13H2,1-3H3/t16-,19?,20-/m1/s1. The Hall–Kier alpha value is -2.58. The van der Waals surface area contributed by atoms with E-state index in [-0.39, 0.29) is 29.6 Å². The van der Waals surface area contributed by atoms with Gasteiger partial charge in [-0.1, -0.05) is 32.9 Å². The molecular formula is C24H32FN5O2. The maximum atomic E-state index is 13.4. The number of amides is 1. The van der Waals surface area contributed by atoms with Gasteiger partial charge in [0.05, 0.1) is 17.7 Å². The second kappa shape index (κ2) is 9.50. The van der Waals surface area contributed by atoms with E-state index in [4.69, 9.17) is 0 Å². The van der Waals surface area contributed by atoms with E-state index in [1.807, 2.05) is 18.7 Å². The van der Waals surface area contributed by atoms with Gasteiger partial charge in [-0.3, -0.25) is 4.79 Å². The number of aliphatic hydroxyl groups excluding tert-OH is 1. The number of halogens is 1. The second-order valence-electron chi connectivity index (χ2n) is 9.13. The lowest BCUT2D eigenvalue weighted by molar-refractivity contribution is -0.133. The minimum atomic E-state index is -0.533. The third-order valence-electron chi connectivity index (χ3n) is 6.47. The molecule has 1 aromatic carbocycles. The Balaban J connectivity index is 1.47. The Labute approximate surface area is 188 Å². The van der Waals surface area contributed by atoms with Gasteiger partial charge >= 0.3 is 0 Å². The molecule has 0 saturated carbocycles. The van der Waals surface area contributed by atoms with Crippen LogP contribution < -0.4 is 10.2 Å². The summed E-state index contributed by atoms with van der Waals surface area (Å²) in [5.41, 5.74) is 2.59. The molecular weight excluding hydrogens is 409 g/mol. The molecule has 4 rings (SSSR count). The Kier molecular flexibility index (Phi) is 6.71. The molecule has 1 saturated heterocycles. The highest BCUT2D eigenvalue weighted by Gasteiger charge is 2.35. The summed E-state index contributed by atoms with van der Waals surface area (Å²) in [5, 5.41) is 13.6. The first-order chi connectivity index (χ1) is 15.3. The van der Waals surface area contributed by atoms with Crippen molar-refractivity contribution < 1.29 is 14.3 Å². The molecule has 3 atom stereocenters. The van der Waals surface area contributed by atoms with Gasteiger partial charge in [-0.25, -0.2) is 14.4 Å². The van der Waals surface area contributed by atoms with Crippen molar-refractivity contribution in [2.45, 2.75) is 51.2 Å². The monoisotopic (exact) mass is 441 g/mol. The molecule has 32 heavy (non-hydrogen) atoms. The van der Waals surface area contributed by atoms with Crippen LogP contribution in [0.25, 0.3) is 0 Å². The lowest BCUT2D eigenvalue weighted by atomic mass is 9.96. The summed E-state index contributed by atoms with van der Waals surface area (Å²) in [5.74, 6) is 0.481. The fraction of sp³-hybridized carbons (Fsp3) is 0.542. The van der Waals surface area contributed by atoms with Gasteiger partial charge in [-0.2, -0.15) is 0 Å². The molecule has 1 aliphatic heterocycles. The first-order valence-electron chi connectivity index (χ1n) is 11.4. The summed E-state index contributed by atoms with van der Waals surface area (Å²) in [6.45, 7) is 9.22. The van der Waals surface area contributed by atoms with Crippen LogP contribution in [0.4, 0.5) is 10.2 Å². The Bertz CT molecular complexity index is 944. The number of nitrogens with zero attached hydrogens (tertiary/aromatic N) is 4. The van der Waals surface area contributed by atoms with Crippen LogP contribution in [-0.4, -0.2) is 64.6 Å². The number of anilines is 1. The maximum Gasteiger partial charge on any atom is 0.231 e. The minimum Gasteiger partial charge on any atom is -0.387 e. The van der Waals surface area contributed by atoms with Crippen molar-refractivity contribution in [2.24, 2.45) is 0 Å². The summed E-state index contributed by atoms with van der Waals surface area (Å²) in [6, 6.07) is 6.47. The van der Waals surface area contributed by atoms with Gasteiger partial charge in [-0.15, -0.1) is 0 Å². The summed E-state index contributed by atoms with van der Waals surface area (Å²) < 4.78 is 13.4. The van der Waals surface area contributed by atoms with Crippen molar-refractivity contribution in [3.63, 3.8) is 0 Å². The zero-order chi connectivity index (χ0) is 22.8. The Morgan fingerprint density at radius 2 is 1.88 bits per heavy atom. The molecule has 0 radical (unpaired) electrons. The van der Waals surface area contributed by atoms with Crippen molar-refractivity contribution in [3.05, 3.63) is 53.2 Å². The van der Waals surface area contributed by atoms with Crippen LogP contribution in [0.3, 0.4) is 0 Å². The number of fused-ring (bicyclic) bond motifs is 1. The zero-order valence-corrected chi connectivity index (χ0v) is 19.0. The number of aliphatic hydroxyl groups is 1. The van der Waals surface area contributed by atoms with Crippen LogP contribution in [-0.2, 0) is 4.79 Å². The summed E-state index contributed by atoms with van der Waals surface area (Å²) in [6.07, 6.45) is 1.66. The third kappa shape index (κ3) is 4.61. The molecule has 2 N–H and O–H groups in total. The van der Waals surface area contributed by atoms with Crippen LogP contribution in [0.2, 0.25) is 0 Å². The van der Waals surface area contributed by atoms with Gasteiger partial charge in [0.2, 0.25) is 5.91 Å². The van der Waals surface area contributed by atoms with Gasteiger partial charge in [0.25, 0.3) is 0 Å². The average molecular weight is 442 g/mol. The van der Waals surface area contributed by atoms with Crippen molar-refractivity contribution in [2.75, 3.05) is 37.6 Å². The van der Waals surface area contributed by atoms with Gasteiger partial charge in [0.15, 0.2) is 0 Å². The number of rotatable bonds is 6. The third-order valence-corrected chi connectivity index (χ3v) is 6.47. The van der Waals surface area contributed by atoms with Crippen LogP contribution in [0.15, 0.2) is 30.6 Å². The number of carbonyl (C=O) groups is 1. The number of benzene rings is 1. The molecule has 2 aliphatic rings. The first kappa shape index (κ1) is 22.6. The molecule has 0 bridgehead atoms. The molecule has 1 aromatic heterocycles. The molecule has 2 heterocycles. The fourth-order valence-corrected chi connectivity index (χ4v) is 4.71. The normalized spacial score (nSPS) is 21.7. The molecule has 172 valence electrons. The molecule has 8 heteroatoms. The second-order valence-corrected chi connectivity index (χ2v) is 9.13. The summed E-state index contributed by atoms with van der Waals surface area (Å²) in [4.78, 5) is 26.3. The van der Waals surface area contributed by atoms with E-state index in [1.165, 1.54) is 18.5 Å². The fourth-order valence-electron chi connectivity index (χ4n) is 4.71. The van der Waals surface area contributed by atoms with Crippen molar-refractivity contribution in [1.82, 2.24) is 20.2 Å². The van der Waals surface area contributed by atoms with E-state index in [9.17, 15) is 14.3 Å². The van der Waals surface area contributed by atoms with Gasteiger partial charge in [0, 0.05) is 44.3 Å². The maximum absolute atomic E-state index is 13.4. The van der Waals surface area contributed by atoms with E-state index >= 15 is 0 Å². The van der Waals surface area contributed by atoms with Gasteiger partial charge in [-0.05, 0) is 30.0 Å².